The molecule has 3 rings (SSSR count). The van der Waals surface area contributed by atoms with Crippen LogP contribution in [0.5, 0.6) is 0 Å². The Kier molecular flexibility index (Phi) is 2.56. The highest BCUT2D eigenvalue weighted by atomic mass is 15.2. The lowest BCUT2D eigenvalue weighted by Crippen LogP contribution is -2.20. The molecule has 1 fully saturated rings. The Balaban J connectivity index is 1.65. The van der Waals surface area contributed by atoms with Crippen molar-refractivity contribution < 1.29 is 0 Å². The number of fused-ring (bicyclic) bond motifs is 1. The lowest BCUT2D eigenvalue weighted by Gasteiger charge is -2.16. The highest BCUT2D eigenvalue weighted by molar-refractivity contribution is 5.18. The van der Waals surface area contributed by atoms with Crippen LogP contribution < -0.4 is 0 Å². The van der Waals surface area contributed by atoms with Gasteiger partial charge in [0.25, 0.3) is 0 Å². The third-order valence-corrected chi connectivity index (χ3v) is 4.09. The minimum Gasteiger partial charge on any atom is -0.298 e. The lowest BCUT2D eigenvalue weighted by molar-refractivity contribution is 0.313. The summed E-state index contributed by atoms with van der Waals surface area (Å²) in [5, 5.41) is 0. The third-order valence-electron chi connectivity index (χ3n) is 4.09. The SMILES string of the molecule is CC1=CCC2CN(Cc3ccccc3)CC12. The molecule has 16 heavy (non-hydrogen) atoms. The minimum atomic E-state index is 0.851. The first-order valence-corrected chi connectivity index (χ1v) is 6.26. The minimum absolute atomic E-state index is 0.851. The molecule has 0 radical (unpaired) electrons. The van der Waals surface area contributed by atoms with Gasteiger partial charge in [0.15, 0.2) is 0 Å². The van der Waals surface area contributed by atoms with Gasteiger partial charge in [0.1, 0.15) is 0 Å². The first-order chi connectivity index (χ1) is 7.83. The van der Waals surface area contributed by atoms with E-state index in [0.29, 0.717) is 0 Å². The highest BCUT2D eigenvalue weighted by Crippen LogP contribution is 2.38. The first-order valence-electron chi connectivity index (χ1n) is 6.26. The number of allylic oxidation sites excluding steroid dienone is 1. The van der Waals surface area contributed by atoms with Crippen LogP contribution in [0.25, 0.3) is 0 Å². The molecule has 0 aromatic heterocycles. The van der Waals surface area contributed by atoms with Gasteiger partial charge >= 0.3 is 0 Å². The topological polar surface area (TPSA) is 3.24 Å². The quantitative estimate of drug-likeness (QED) is 0.682. The van der Waals surface area contributed by atoms with E-state index in [1.807, 2.05) is 0 Å². The van der Waals surface area contributed by atoms with Gasteiger partial charge in [-0.05, 0) is 30.7 Å². The van der Waals surface area contributed by atoms with Gasteiger partial charge in [-0.2, -0.15) is 0 Å². The molecule has 1 heterocycles. The molecule has 84 valence electrons. The Morgan fingerprint density at radius 3 is 2.75 bits per heavy atom. The molecule has 0 bridgehead atoms. The van der Waals surface area contributed by atoms with Crippen molar-refractivity contribution >= 4 is 0 Å². The zero-order chi connectivity index (χ0) is 11.0. The fourth-order valence-electron chi connectivity index (χ4n) is 3.17. The number of hydrogen-bond acceptors (Lipinski definition) is 1. The van der Waals surface area contributed by atoms with Crippen molar-refractivity contribution in [3.63, 3.8) is 0 Å². The number of benzene rings is 1. The summed E-state index contributed by atoms with van der Waals surface area (Å²) >= 11 is 0. The Morgan fingerprint density at radius 1 is 1.19 bits per heavy atom. The molecule has 1 heteroatoms. The van der Waals surface area contributed by atoms with Crippen LogP contribution in [0.3, 0.4) is 0 Å². The molecule has 0 saturated carbocycles. The van der Waals surface area contributed by atoms with Crippen molar-refractivity contribution in [2.75, 3.05) is 13.1 Å². The maximum Gasteiger partial charge on any atom is 0.0234 e. The van der Waals surface area contributed by atoms with Crippen LogP contribution in [-0.4, -0.2) is 18.0 Å². The molecular formula is C15H19N. The summed E-state index contributed by atoms with van der Waals surface area (Å²) in [6.07, 6.45) is 3.75. The fraction of sp³-hybridized carbons (Fsp3) is 0.467. The van der Waals surface area contributed by atoms with Crippen LogP contribution in [0.1, 0.15) is 18.9 Å². The van der Waals surface area contributed by atoms with Gasteiger partial charge < -0.3 is 0 Å². The summed E-state index contributed by atoms with van der Waals surface area (Å²) in [5.74, 6) is 1.76. The summed E-state index contributed by atoms with van der Waals surface area (Å²) in [6, 6.07) is 10.8. The van der Waals surface area contributed by atoms with Gasteiger partial charge in [0.05, 0.1) is 0 Å². The van der Waals surface area contributed by atoms with Crippen LogP contribution in [-0.2, 0) is 6.54 Å². The molecule has 1 nitrogen and oxygen atoms in total. The molecule has 1 aliphatic carbocycles. The van der Waals surface area contributed by atoms with Crippen LogP contribution in [0.4, 0.5) is 0 Å². The van der Waals surface area contributed by atoms with Gasteiger partial charge in [-0.25, -0.2) is 0 Å². The Hall–Kier alpha value is -1.08. The normalized spacial score (nSPS) is 29.2. The molecule has 2 aliphatic rings. The average molecular weight is 213 g/mol. The van der Waals surface area contributed by atoms with Gasteiger partial charge in [-0.3, -0.25) is 4.90 Å². The van der Waals surface area contributed by atoms with E-state index in [4.69, 9.17) is 0 Å². The lowest BCUT2D eigenvalue weighted by atomic mass is 9.96. The van der Waals surface area contributed by atoms with E-state index in [1.165, 1.54) is 25.1 Å². The molecule has 0 amide bonds. The molecule has 2 atom stereocenters. The standard InChI is InChI=1S/C15H19N/c1-12-7-8-14-10-16(11-15(12)14)9-13-5-3-2-4-6-13/h2-7,14-15H,8-11H2,1H3. The molecule has 0 N–H and O–H groups in total. The summed E-state index contributed by atoms with van der Waals surface area (Å²) in [6.45, 7) is 5.98. The summed E-state index contributed by atoms with van der Waals surface area (Å²) in [4.78, 5) is 2.61. The second-order valence-corrected chi connectivity index (χ2v) is 5.23. The van der Waals surface area contributed by atoms with Gasteiger partial charge in [-0.1, -0.05) is 42.0 Å². The van der Waals surface area contributed by atoms with Crippen molar-refractivity contribution in [2.45, 2.75) is 19.9 Å². The van der Waals surface area contributed by atoms with Crippen molar-refractivity contribution in [3.8, 4) is 0 Å². The molecule has 1 saturated heterocycles. The number of likely N-dealkylation sites (tertiary alicyclic amines) is 1. The van der Waals surface area contributed by atoms with Crippen LogP contribution in [0.15, 0.2) is 42.0 Å². The van der Waals surface area contributed by atoms with Crippen LogP contribution in [0.2, 0.25) is 0 Å². The molecular weight excluding hydrogens is 194 g/mol. The Morgan fingerprint density at radius 2 is 2.00 bits per heavy atom. The van der Waals surface area contributed by atoms with Crippen molar-refractivity contribution in [1.82, 2.24) is 4.90 Å². The van der Waals surface area contributed by atoms with Crippen molar-refractivity contribution in [1.29, 1.82) is 0 Å². The Bertz CT molecular complexity index is 393. The van der Waals surface area contributed by atoms with Gasteiger partial charge in [0.2, 0.25) is 0 Å². The molecule has 0 spiro atoms. The Labute approximate surface area is 97.8 Å². The summed E-state index contributed by atoms with van der Waals surface area (Å²) in [5.41, 5.74) is 3.07. The predicted molar refractivity (Wildman–Crippen MR) is 67.1 cm³/mol. The van der Waals surface area contributed by atoms with Gasteiger partial charge in [-0.15, -0.1) is 0 Å². The maximum absolute atomic E-state index is 2.61. The first kappa shape index (κ1) is 10.1. The van der Waals surface area contributed by atoms with E-state index in [2.05, 4.69) is 48.2 Å². The smallest absolute Gasteiger partial charge is 0.0234 e. The molecule has 1 aromatic rings. The average Bonchev–Trinajstić information content (AvgIpc) is 2.83. The summed E-state index contributed by atoms with van der Waals surface area (Å²) in [7, 11) is 0. The predicted octanol–water partition coefficient (Wildman–Crippen LogP) is 3.08. The number of rotatable bonds is 2. The maximum atomic E-state index is 2.61. The highest BCUT2D eigenvalue weighted by Gasteiger charge is 2.35. The fourth-order valence-corrected chi connectivity index (χ4v) is 3.17. The van der Waals surface area contributed by atoms with E-state index in [1.54, 1.807) is 5.57 Å². The second kappa shape index (κ2) is 4.06. The third kappa shape index (κ3) is 1.80. The van der Waals surface area contributed by atoms with Gasteiger partial charge in [0, 0.05) is 19.6 Å². The van der Waals surface area contributed by atoms with E-state index < -0.39 is 0 Å². The molecule has 1 aromatic carbocycles. The zero-order valence-corrected chi connectivity index (χ0v) is 9.89. The van der Waals surface area contributed by atoms with Crippen LogP contribution >= 0.6 is 0 Å². The summed E-state index contributed by atoms with van der Waals surface area (Å²) < 4.78 is 0. The van der Waals surface area contributed by atoms with E-state index in [9.17, 15) is 0 Å². The van der Waals surface area contributed by atoms with E-state index >= 15 is 0 Å². The molecule has 1 aliphatic heterocycles. The number of hydrogen-bond donors (Lipinski definition) is 0. The van der Waals surface area contributed by atoms with Crippen LogP contribution in [0, 0.1) is 11.8 Å². The second-order valence-electron chi connectivity index (χ2n) is 5.23. The van der Waals surface area contributed by atoms with Crippen molar-refractivity contribution in [2.24, 2.45) is 11.8 Å². The van der Waals surface area contributed by atoms with E-state index in [0.717, 1.165) is 18.4 Å². The molecule has 2 unspecified atom stereocenters. The van der Waals surface area contributed by atoms with Crippen molar-refractivity contribution in [3.05, 3.63) is 47.5 Å². The monoisotopic (exact) mass is 213 g/mol. The van der Waals surface area contributed by atoms with E-state index in [-0.39, 0.29) is 0 Å². The zero-order valence-electron chi connectivity index (χ0n) is 9.89. The number of nitrogens with zero attached hydrogens (tertiary/aromatic N) is 1. The largest absolute Gasteiger partial charge is 0.298 e.